The quantitative estimate of drug-likeness (QED) is 0.303. The lowest BCUT2D eigenvalue weighted by Gasteiger charge is -2.20. The number of para-hydroxylation sites is 1. The molecule has 8 heteroatoms. The summed E-state index contributed by atoms with van der Waals surface area (Å²) in [6.07, 6.45) is 1.42. The van der Waals surface area contributed by atoms with Gasteiger partial charge in [0.05, 0.1) is 6.21 Å². The summed E-state index contributed by atoms with van der Waals surface area (Å²) in [7, 11) is 0. The number of hydrogen-bond donors (Lipinski definition) is 2. The van der Waals surface area contributed by atoms with Crippen molar-refractivity contribution in [3.05, 3.63) is 76.0 Å². The van der Waals surface area contributed by atoms with E-state index in [0.717, 1.165) is 21.2 Å². The molecule has 0 unspecified atom stereocenters. The molecule has 2 amide bonds. The first kappa shape index (κ1) is 25.2. The zero-order valence-electron chi connectivity index (χ0n) is 19.6. The van der Waals surface area contributed by atoms with E-state index in [4.69, 9.17) is 9.15 Å². The summed E-state index contributed by atoms with van der Waals surface area (Å²) in [5.41, 5.74) is 5.46. The number of amides is 2. The van der Waals surface area contributed by atoms with Gasteiger partial charge in [0.2, 0.25) is 0 Å². The minimum Gasteiger partial charge on any atom is -0.484 e. The molecule has 0 aliphatic carbocycles. The Bertz CT molecular complexity index is 1190. The molecule has 0 saturated carbocycles. The molecular weight excluding hydrogens is 498 g/mol. The van der Waals surface area contributed by atoms with E-state index in [2.05, 4.69) is 31.8 Å². The van der Waals surface area contributed by atoms with Crippen molar-refractivity contribution in [2.24, 2.45) is 11.0 Å². The second-order valence-electron chi connectivity index (χ2n) is 8.26. The third-order valence-corrected chi connectivity index (χ3v) is 5.76. The van der Waals surface area contributed by atoms with Gasteiger partial charge in [-0.25, -0.2) is 5.43 Å². The summed E-state index contributed by atoms with van der Waals surface area (Å²) in [5.74, 6) is 0.833. The van der Waals surface area contributed by atoms with Gasteiger partial charge in [0, 0.05) is 10.0 Å². The van der Waals surface area contributed by atoms with E-state index in [1.165, 1.54) is 6.21 Å². The molecule has 0 aliphatic rings. The maximum atomic E-state index is 12.6. The van der Waals surface area contributed by atoms with Gasteiger partial charge in [-0.1, -0.05) is 54.0 Å². The number of furan rings is 1. The van der Waals surface area contributed by atoms with Gasteiger partial charge in [-0.2, -0.15) is 5.10 Å². The second-order valence-corrected chi connectivity index (χ2v) is 9.12. The van der Waals surface area contributed by atoms with Crippen LogP contribution in [0.4, 0.5) is 0 Å². The predicted molar refractivity (Wildman–Crippen MR) is 136 cm³/mol. The zero-order chi connectivity index (χ0) is 24.7. The summed E-state index contributed by atoms with van der Waals surface area (Å²) in [4.78, 5) is 25.0. The van der Waals surface area contributed by atoms with Gasteiger partial charge in [0.1, 0.15) is 23.3 Å². The molecule has 0 aliphatic heterocycles. The Morgan fingerprint density at radius 2 is 1.88 bits per heavy atom. The highest BCUT2D eigenvalue weighted by Crippen LogP contribution is 2.30. The first-order chi connectivity index (χ1) is 16.2. The average molecular weight is 526 g/mol. The summed E-state index contributed by atoms with van der Waals surface area (Å²) in [6.45, 7) is 7.41. The van der Waals surface area contributed by atoms with Crippen LogP contribution in [0.5, 0.6) is 5.75 Å². The molecule has 178 valence electrons. The van der Waals surface area contributed by atoms with E-state index in [9.17, 15) is 9.59 Å². The first-order valence-corrected chi connectivity index (χ1v) is 11.7. The summed E-state index contributed by atoms with van der Waals surface area (Å²) < 4.78 is 12.3. The van der Waals surface area contributed by atoms with Crippen molar-refractivity contribution < 1.29 is 18.7 Å². The molecule has 2 aromatic carbocycles. The van der Waals surface area contributed by atoms with Gasteiger partial charge in [-0.15, -0.1) is 0 Å². The van der Waals surface area contributed by atoms with Crippen LogP contribution in [0.25, 0.3) is 11.3 Å². The average Bonchev–Trinajstić information content (AvgIpc) is 3.25. The van der Waals surface area contributed by atoms with Crippen LogP contribution in [0.3, 0.4) is 0 Å². The molecule has 0 fully saturated rings. The highest BCUT2D eigenvalue weighted by Gasteiger charge is 2.24. The van der Waals surface area contributed by atoms with Crippen molar-refractivity contribution >= 4 is 34.0 Å². The highest BCUT2D eigenvalue weighted by molar-refractivity contribution is 9.10. The fourth-order valence-electron chi connectivity index (χ4n) is 3.23. The number of benzene rings is 2. The third kappa shape index (κ3) is 6.81. The van der Waals surface area contributed by atoms with Crippen LogP contribution in [0.15, 0.2) is 68.6 Å². The minimum absolute atomic E-state index is 0.147. The standard InChI is InChI=1S/C26H28BrN3O4/c1-16(2)25(29-24(31)15-33-22-8-6-5-7-18(22)4)26(32)30-28-14-19-10-12-23(34-19)20-11-9-17(3)13-21(20)27/h5-14,16,25H,15H2,1-4H3,(H,29,31)(H,30,32)/b28-14-/t25-/m0/s1. The predicted octanol–water partition coefficient (Wildman–Crippen LogP) is 5.00. The van der Waals surface area contributed by atoms with Gasteiger partial charge >= 0.3 is 0 Å². The van der Waals surface area contributed by atoms with Crippen LogP contribution in [0.2, 0.25) is 0 Å². The van der Waals surface area contributed by atoms with Crippen LogP contribution in [-0.2, 0) is 9.59 Å². The van der Waals surface area contributed by atoms with Crippen molar-refractivity contribution in [2.75, 3.05) is 6.61 Å². The Balaban J connectivity index is 1.56. The molecule has 1 heterocycles. The number of ether oxygens (including phenoxy) is 1. The number of hydrazone groups is 1. The Morgan fingerprint density at radius 3 is 2.59 bits per heavy atom. The second kappa shape index (κ2) is 11.7. The van der Waals surface area contributed by atoms with Gasteiger partial charge in [0.25, 0.3) is 11.8 Å². The van der Waals surface area contributed by atoms with Crippen LogP contribution >= 0.6 is 15.9 Å². The molecule has 34 heavy (non-hydrogen) atoms. The van der Waals surface area contributed by atoms with Crippen LogP contribution in [0, 0.1) is 19.8 Å². The smallest absolute Gasteiger partial charge is 0.262 e. The molecule has 0 saturated heterocycles. The number of aryl methyl sites for hydroxylation is 2. The Labute approximate surface area is 207 Å². The Hall–Kier alpha value is -3.39. The molecule has 3 rings (SSSR count). The molecule has 7 nitrogen and oxygen atoms in total. The summed E-state index contributed by atoms with van der Waals surface area (Å²) in [6, 6.07) is 16.3. The van der Waals surface area contributed by atoms with E-state index in [1.807, 2.05) is 70.2 Å². The van der Waals surface area contributed by atoms with E-state index in [0.29, 0.717) is 17.3 Å². The molecule has 0 spiro atoms. The van der Waals surface area contributed by atoms with Gasteiger partial charge in [0.15, 0.2) is 6.61 Å². The fourth-order valence-corrected chi connectivity index (χ4v) is 3.92. The van der Waals surface area contributed by atoms with Crippen molar-refractivity contribution in [1.29, 1.82) is 0 Å². The van der Waals surface area contributed by atoms with Gasteiger partial charge in [-0.3, -0.25) is 9.59 Å². The first-order valence-electron chi connectivity index (χ1n) is 10.9. The lowest BCUT2D eigenvalue weighted by molar-refractivity contribution is -0.131. The third-order valence-electron chi connectivity index (χ3n) is 5.10. The van der Waals surface area contributed by atoms with Crippen molar-refractivity contribution in [3.63, 3.8) is 0 Å². The highest BCUT2D eigenvalue weighted by atomic mass is 79.9. The number of nitrogens with zero attached hydrogens (tertiary/aromatic N) is 1. The molecule has 1 atom stereocenters. The maximum Gasteiger partial charge on any atom is 0.262 e. The molecule has 2 N–H and O–H groups in total. The van der Waals surface area contributed by atoms with E-state index >= 15 is 0 Å². The summed E-state index contributed by atoms with van der Waals surface area (Å²) in [5, 5.41) is 6.70. The number of rotatable bonds is 9. The number of hydrogen-bond acceptors (Lipinski definition) is 5. The Morgan fingerprint density at radius 1 is 1.12 bits per heavy atom. The number of halogens is 1. The van der Waals surface area contributed by atoms with Crippen molar-refractivity contribution in [2.45, 2.75) is 33.7 Å². The molecule has 0 radical (unpaired) electrons. The number of nitrogens with one attached hydrogen (secondary N) is 2. The van der Waals surface area contributed by atoms with E-state index in [1.54, 1.807) is 12.1 Å². The van der Waals surface area contributed by atoms with Crippen molar-refractivity contribution in [3.8, 4) is 17.1 Å². The minimum atomic E-state index is -0.763. The van der Waals surface area contributed by atoms with Crippen LogP contribution < -0.4 is 15.5 Å². The molecule has 1 aromatic heterocycles. The zero-order valence-corrected chi connectivity index (χ0v) is 21.2. The molecule has 0 bridgehead atoms. The van der Waals surface area contributed by atoms with Crippen molar-refractivity contribution in [1.82, 2.24) is 10.7 Å². The fraction of sp³-hybridized carbons (Fsp3) is 0.269. The topological polar surface area (TPSA) is 92.9 Å². The Kier molecular flexibility index (Phi) is 8.65. The molecule has 3 aromatic rings. The van der Waals surface area contributed by atoms with E-state index < -0.39 is 11.9 Å². The van der Waals surface area contributed by atoms with Crippen LogP contribution in [-0.4, -0.2) is 30.7 Å². The largest absolute Gasteiger partial charge is 0.484 e. The van der Waals surface area contributed by atoms with E-state index in [-0.39, 0.29) is 18.4 Å². The lowest BCUT2D eigenvalue weighted by Crippen LogP contribution is -2.49. The monoisotopic (exact) mass is 525 g/mol. The number of carbonyl (C=O) groups excluding carboxylic acids is 2. The lowest BCUT2D eigenvalue weighted by atomic mass is 10.0. The van der Waals surface area contributed by atoms with Gasteiger partial charge < -0.3 is 14.5 Å². The van der Waals surface area contributed by atoms with Gasteiger partial charge in [-0.05, 0) is 61.2 Å². The normalized spacial score (nSPS) is 12.1. The SMILES string of the molecule is Cc1ccc(-c2ccc(/C=N\NC(=O)[C@@H](NC(=O)COc3ccccc3C)C(C)C)o2)c(Br)c1. The molecular formula is C26H28BrN3O4. The summed E-state index contributed by atoms with van der Waals surface area (Å²) >= 11 is 3.55. The van der Waals surface area contributed by atoms with Crippen LogP contribution in [0.1, 0.15) is 30.7 Å². The maximum absolute atomic E-state index is 12.6. The number of carbonyl (C=O) groups is 2.